The van der Waals surface area contributed by atoms with Gasteiger partial charge < -0.3 is 30.3 Å². The van der Waals surface area contributed by atoms with Gasteiger partial charge >= 0.3 is 0 Å². The van der Waals surface area contributed by atoms with Gasteiger partial charge in [0.2, 0.25) is 0 Å². The fourth-order valence-electron chi connectivity index (χ4n) is 2.64. The molecule has 3 fully saturated rings. The molecule has 3 aliphatic rings. The van der Waals surface area contributed by atoms with Crippen molar-refractivity contribution in [1.29, 1.82) is 0 Å². The molecule has 0 spiro atoms. The Labute approximate surface area is 148 Å². The van der Waals surface area contributed by atoms with E-state index in [9.17, 15) is 0 Å². The Hall–Kier alpha value is -0.280. The predicted octanol–water partition coefficient (Wildman–Crippen LogP) is -0.600. The second kappa shape index (κ2) is 13.9. The van der Waals surface area contributed by atoms with Gasteiger partial charge in [-0.05, 0) is 20.9 Å². The quantitative estimate of drug-likeness (QED) is 0.618. The predicted molar refractivity (Wildman–Crippen MR) is 99.6 cm³/mol. The molecule has 7 heteroatoms. The van der Waals surface area contributed by atoms with Crippen LogP contribution in [0.15, 0.2) is 0 Å². The molecule has 3 aliphatic heterocycles. The maximum absolute atomic E-state index is 5.20. The van der Waals surface area contributed by atoms with Crippen LogP contribution in [0, 0.1) is 0 Å². The van der Waals surface area contributed by atoms with Crippen molar-refractivity contribution in [3.8, 4) is 0 Å². The van der Waals surface area contributed by atoms with Crippen LogP contribution < -0.4 is 16.0 Å². The van der Waals surface area contributed by atoms with E-state index in [1.165, 1.54) is 6.54 Å². The van der Waals surface area contributed by atoms with Crippen LogP contribution in [-0.2, 0) is 9.47 Å². The molecule has 7 nitrogen and oxygen atoms in total. The van der Waals surface area contributed by atoms with Crippen molar-refractivity contribution in [2.24, 2.45) is 0 Å². The number of ether oxygens (including phenoxy) is 2. The zero-order valence-corrected chi connectivity index (χ0v) is 16.1. The molecule has 0 saturated carbocycles. The molecule has 0 aliphatic carbocycles. The van der Waals surface area contributed by atoms with Crippen molar-refractivity contribution in [2.45, 2.75) is 26.1 Å². The number of hydrogen-bond donors (Lipinski definition) is 3. The largest absolute Gasteiger partial charge is 0.379 e. The summed E-state index contributed by atoms with van der Waals surface area (Å²) in [6.07, 6.45) is 0.240. The smallest absolute Gasteiger partial charge is 0.107 e. The van der Waals surface area contributed by atoms with Gasteiger partial charge in [-0.15, -0.1) is 0 Å². The van der Waals surface area contributed by atoms with Crippen LogP contribution in [0.5, 0.6) is 0 Å². The first kappa shape index (κ1) is 21.8. The number of methoxy groups -OCH3 is 1. The van der Waals surface area contributed by atoms with Crippen molar-refractivity contribution < 1.29 is 9.47 Å². The molecule has 24 heavy (non-hydrogen) atoms. The molecule has 0 bridgehead atoms. The monoisotopic (exact) mass is 345 g/mol. The molecule has 0 radical (unpaired) electrons. The van der Waals surface area contributed by atoms with Gasteiger partial charge in [0.25, 0.3) is 0 Å². The average Bonchev–Trinajstić information content (AvgIpc) is 2.67. The van der Waals surface area contributed by atoms with Crippen LogP contribution in [0.25, 0.3) is 0 Å². The van der Waals surface area contributed by atoms with E-state index in [1.54, 1.807) is 7.11 Å². The molecule has 2 atom stereocenters. The summed E-state index contributed by atoms with van der Waals surface area (Å²) in [6.45, 7) is 16.0. The molecule has 3 rings (SSSR count). The van der Waals surface area contributed by atoms with E-state index in [0.29, 0.717) is 0 Å². The third kappa shape index (κ3) is 9.88. The minimum absolute atomic E-state index is 0.240. The number of hydrogen-bond acceptors (Lipinski definition) is 7. The van der Waals surface area contributed by atoms with Crippen molar-refractivity contribution in [3.05, 3.63) is 0 Å². The van der Waals surface area contributed by atoms with Gasteiger partial charge in [0.05, 0.1) is 13.2 Å². The summed E-state index contributed by atoms with van der Waals surface area (Å²) in [6, 6.07) is 0.726. The second-order valence-corrected chi connectivity index (χ2v) is 6.52. The van der Waals surface area contributed by atoms with E-state index in [1.807, 2.05) is 0 Å². The van der Waals surface area contributed by atoms with Crippen molar-refractivity contribution in [2.75, 3.05) is 86.3 Å². The van der Waals surface area contributed by atoms with E-state index >= 15 is 0 Å². The van der Waals surface area contributed by atoms with Gasteiger partial charge in [-0.25, -0.2) is 0 Å². The number of nitrogens with zero attached hydrogens (tertiary/aromatic N) is 2. The molecule has 0 amide bonds. The third-order valence-electron chi connectivity index (χ3n) is 4.69. The van der Waals surface area contributed by atoms with Gasteiger partial charge in [-0.1, -0.05) is 0 Å². The van der Waals surface area contributed by atoms with Crippen LogP contribution in [-0.4, -0.2) is 108 Å². The topological polar surface area (TPSA) is 61.0 Å². The molecule has 0 aromatic rings. The van der Waals surface area contributed by atoms with Gasteiger partial charge in [-0.2, -0.15) is 0 Å². The van der Waals surface area contributed by atoms with E-state index < -0.39 is 0 Å². The van der Waals surface area contributed by atoms with Crippen LogP contribution in [0.3, 0.4) is 0 Å². The summed E-state index contributed by atoms with van der Waals surface area (Å²) in [5.74, 6) is 0. The summed E-state index contributed by atoms with van der Waals surface area (Å²) in [5.41, 5.74) is 0. The fraction of sp³-hybridized carbons (Fsp3) is 1.00. The van der Waals surface area contributed by atoms with Crippen molar-refractivity contribution in [1.82, 2.24) is 25.8 Å². The Morgan fingerprint density at radius 2 is 1.54 bits per heavy atom. The minimum Gasteiger partial charge on any atom is -0.379 e. The van der Waals surface area contributed by atoms with Crippen LogP contribution in [0.2, 0.25) is 0 Å². The summed E-state index contributed by atoms with van der Waals surface area (Å²) in [5, 5.41) is 9.77. The molecule has 0 aromatic heterocycles. The lowest BCUT2D eigenvalue weighted by atomic mass is 10.2. The lowest BCUT2D eigenvalue weighted by Crippen LogP contribution is -2.47. The maximum atomic E-state index is 5.20. The first-order chi connectivity index (χ1) is 11.6. The van der Waals surface area contributed by atoms with Crippen molar-refractivity contribution >= 4 is 0 Å². The Bertz CT molecular complexity index is 265. The number of morpholine rings is 1. The number of rotatable bonds is 2. The summed E-state index contributed by atoms with van der Waals surface area (Å²) >= 11 is 0. The highest BCUT2D eigenvalue weighted by atomic mass is 16.5. The molecule has 2 unspecified atom stereocenters. The SMILES string of the molecule is C1CNCCN1.CC1CNCCN1C.COC(C)N1CCOCC1. The highest BCUT2D eigenvalue weighted by Crippen LogP contribution is 2.02. The summed E-state index contributed by atoms with van der Waals surface area (Å²) < 4.78 is 10.4. The Balaban J connectivity index is 0.000000186. The van der Waals surface area contributed by atoms with E-state index in [0.717, 1.165) is 71.6 Å². The van der Waals surface area contributed by atoms with E-state index in [-0.39, 0.29) is 6.23 Å². The van der Waals surface area contributed by atoms with Crippen LogP contribution in [0.4, 0.5) is 0 Å². The lowest BCUT2D eigenvalue weighted by Gasteiger charge is -2.30. The molecule has 0 aromatic carbocycles. The third-order valence-corrected chi connectivity index (χ3v) is 4.69. The first-order valence-electron chi connectivity index (χ1n) is 9.32. The zero-order valence-electron chi connectivity index (χ0n) is 16.1. The fourth-order valence-corrected chi connectivity index (χ4v) is 2.64. The summed E-state index contributed by atoms with van der Waals surface area (Å²) in [7, 11) is 3.91. The Morgan fingerprint density at radius 3 is 1.92 bits per heavy atom. The number of likely N-dealkylation sites (N-methyl/N-ethyl adjacent to an activating group) is 1. The lowest BCUT2D eigenvalue weighted by molar-refractivity contribution is -0.0689. The first-order valence-corrected chi connectivity index (χ1v) is 9.32. The summed E-state index contributed by atoms with van der Waals surface area (Å²) in [4.78, 5) is 4.64. The van der Waals surface area contributed by atoms with Crippen LogP contribution >= 0.6 is 0 Å². The highest BCUT2D eigenvalue weighted by Gasteiger charge is 2.15. The molecular weight excluding hydrogens is 306 g/mol. The normalized spacial score (nSPS) is 27.2. The molecule has 3 N–H and O–H groups in total. The zero-order chi connectivity index (χ0) is 17.6. The highest BCUT2D eigenvalue weighted by molar-refractivity contribution is 4.72. The molecule has 3 heterocycles. The van der Waals surface area contributed by atoms with Gasteiger partial charge in [0.1, 0.15) is 6.23 Å². The standard InChI is InChI=1S/C7H15NO2.C6H14N2.C4H10N2/c1-7(9-2)8-3-5-10-6-4-8;1-6-5-7-3-4-8(6)2;1-2-6-4-3-5-1/h7H,3-6H2,1-2H3;6-7H,3-5H2,1-2H3;5-6H,1-4H2. The molecular formula is C17H39N5O2. The van der Waals surface area contributed by atoms with Gasteiger partial charge in [0, 0.05) is 72.1 Å². The van der Waals surface area contributed by atoms with Gasteiger partial charge in [0.15, 0.2) is 0 Å². The Kier molecular flexibility index (Phi) is 12.6. The second-order valence-electron chi connectivity index (χ2n) is 6.52. The molecule has 144 valence electrons. The molecule has 3 saturated heterocycles. The number of piperazine rings is 2. The maximum Gasteiger partial charge on any atom is 0.107 e. The minimum atomic E-state index is 0.240. The van der Waals surface area contributed by atoms with E-state index in [2.05, 4.69) is 46.6 Å². The van der Waals surface area contributed by atoms with E-state index in [4.69, 9.17) is 9.47 Å². The van der Waals surface area contributed by atoms with Crippen molar-refractivity contribution in [3.63, 3.8) is 0 Å². The Morgan fingerprint density at radius 1 is 0.958 bits per heavy atom. The van der Waals surface area contributed by atoms with Gasteiger partial charge in [-0.3, -0.25) is 4.90 Å². The number of nitrogens with one attached hydrogen (secondary N) is 3. The van der Waals surface area contributed by atoms with Crippen LogP contribution in [0.1, 0.15) is 13.8 Å². The average molecular weight is 346 g/mol.